The first-order valence-electron chi connectivity index (χ1n) is 5.12. The largest absolute Gasteiger partial charge is 0.464 e. The number of benzene rings is 1. The molecule has 2 rings (SSSR count). The maximum Gasteiger partial charge on any atom is 0.134 e. The van der Waals surface area contributed by atoms with E-state index in [1.54, 1.807) is 0 Å². The number of rotatable bonds is 4. The zero-order valence-corrected chi connectivity index (χ0v) is 9.64. The molecule has 0 atom stereocenters. The second kappa shape index (κ2) is 4.73. The van der Waals surface area contributed by atoms with Gasteiger partial charge in [0.25, 0.3) is 0 Å². The average molecular weight is 221 g/mol. The van der Waals surface area contributed by atoms with E-state index in [1.807, 2.05) is 30.2 Å². The summed E-state index contributed by atoms with van der Waals surface area (Å²) in [6.07, 6.45) is 1.85. The molecule has 0 spiro atoms. The first-order valence-corrected chi connectivity index (χ1v) is 6.28. The average Bonchev–Trinajstić information content (AvgIpc) is 2.69. The van der Waals surface area contributed by atoms with Gasteiger partial charge in [-0.05, 0) is 17.4 Å². The molecule has 0 saturated carbocycles. The Bertz CT molecular complexity index is 450. The van der Waals surface area contributed by atoms with Crippen LogP contribution >= 0.6 is 11.8 Å². The molecule has 0 radical (unpaired) electrons. The summed E-state index contributed by atoms with van der Waals surface area (Å²) in [7, 11) is 0. The van der Waals surface area contributed by atoms with Crippen molar-refractivity contribution in [3.8, 4) is 0 Å². The van der Waals surface area contributed by atoms with E-state index < -0.39 is 0 Å². The van der Waals surface area contributed by atoms with Crippen molar-refractivity contribution in [3.05, 3.63) is 35.6 Å². The van der Waals surface area contributed by atoms with Gasteiger partial charge in [0, 0.05) is 23.2 Å². The van der Waals surface area contributed by atoms with Crippen LogP contribution in [0.4, 0.5) is 0 Å². The van der Waals surface area contributed by atoms with Gasteiger partial charge >= 0.3 is 0 Å². The van der Waals surface area contributed by atoms with E-state index in [9.17, 15) is 0 Å². The van der Waals surface area contributed by atoms with Crippen LogP contribution in [0.3, 0.4) is 0 Å². The van der Waals surface area contributed by atoms with Crippen LogP contribution in [0.15, 0.2) is 28.9 Å². The smallest absolute Gasteiger partial charge is 0.134 e. The third-order valence-electron chi connectivity index (χ3n) is 2.44. The fourth-order valence-corrected chi connectivity index (χ4v) is 2.36. The number of thioether (sulfide) groups is 1. The van der Waals surface area contributed by atoms with Crippen LogP contribution in [0.5, 0.6) is 0 Å². The van der Waals surface area contributed by atoms with Crippen molar-refractivity contribution in [2.75, 3.05) is 5.75 Å². The second-order valence-corrected chi connectivity index (χ2v) is 4.67. The summed E-state index contributed by atoms with van der Waals surface area (Å²) in [5.74, 6) is 2.12. The Kier molecular flexibility index (Phi) is 3.34. The van der Waals surface area contributed by atoms with Gasteiger partial charge in [0.2, 0.25) is 0 Å². The highest BCUT2D eigenvalue weighted by atomic mass is 32.2. The van der Waals surface area contributed by atoms with Crippen LogP contribution in [0.1, 0.15) is 18.1 Å². The van der Waals surface area contributed by atoms with Gasteiger partial charge in [-0.2, -0.15) is 11.8 Å². The van der Waals surface area contributed by atoms with E-state index in [0.29, 0.717) is 6.54 Å². The maximum absolute atomic E-state index is 5.72. The monoisotopic (exact) mass is 221 g/mol. The van der Waals surface area contributed by atoms with Crippen molar-refractivity contribution in [1.29, 1.82) is 0 Å². The normalized spacial score (nSPS) is 11.1. The quantitative estimate of drug-likeness (QED) is 0.862. The van der Waals surface area contributed by atoms with E-state index in [0.717, 1.165) is 17.1 Å². The predicted octanol–water partition coefficient (Wildman–Crippen LogP) is 3.14. The number of nitrogens with two attached hydrogens (primary N) is 1. The molecule has 15 heavy (non-hydrogen) atoms. The molecule has 3 heteroatoms. The van der Waals surface area contributed by atoms with E-state index in [2.05, 4.69) is 13.0 Å². The molecule has 2 aromatic rings. The highest BCUT2D eigenvalue weighted by Crippen LogP contribution is 2.27. The van der Waals surface area contributed by atoms with Crippen LogP contribution in [0.25, 0.3) is 11.0 Å². The lowest BCUT2D eigenvalue weighted by atomic mass is 10.1. The summed E-state index contributed by atoms with van der Waals surface area (Å²) in [5, 5.41) is 1.21. The van der Waals surface area contributed by atoms with Crippen LogP contribution < -0.4 is 5.73 Å². The molecular formula is C12H15NOS. The molecule has 0 aliphatic heterocycles. The zero-order chi connectivity index (χ0) is 10.7. The topological polar surface area (TPSA) is 39.2 Å². The van der Waals surface area contributed by atoms with E-state index in [-0.39, 0.29) is 0 Å². The molecule has 2 N–H and O–H groups in total. The van der Waals surface area contributed by atoms with Crippen molar-refractivity contribution in [2.45, 2.75) is 19.2 Å². The highest BCUT2D eigenvalue weighted by Gasteiger charge is 2.08. The van der Waals surface area contributed by atoms with Crippen molar-refractivity contribution in [1.82, 2.24) is 0 Å². The lowest BCUT2D eigenvalue weighted by molar-refractivity contribution is 0.612. The molecule has 0 amide bonds. The zero-order valence-electron chi connectivity index (χ0n) is 8.82. The molecule has 0 saturated heterocycles. The van der Waals surface area contributed by atoms with Gasteiger partial charge in [0.15, 0.2) is 0 Å². The van der Waals surface area contributed by atoms with E-state index >= 15 is 0 Å². The molecule has 1 aromatic heterocycles. The highest BCUT2D eigenvalue weighted by molar-refractivity contribution is 7.98. The molecular weight excluding hydrogens is 206 g/mol. The number of fused-ring (bicyclic) bond motifs is 1. The van der Waals surface area contributed by atoms with Gasteiger partial charge in [-0.15, -0.1) is 0 Å². The fraction of sp³-hybridized carbons (Fsp3) is 0.333. The van der Waals surface area contributed by atoms with Gasteiger partial charge in [0.1, 0.15) is 5.58 Å². The molecule has 0 fully saturated rings. The van der Waals surface area contributed by atoms with Crippen molar-refractivity contribution in [2.24, 2.45) is 5.73 Å². The molecule has 1 heterocycles. The molecule has 0 aliphatic carbocycles. The molecule has 2 nitrogen and oxygen atoms in total. The summed E-state index contributed by atoms with van der Waals surface area (Å²) in [6, 6.07) is 6.05. The Morgan fingerprint density at radius 2 is 2.20 bits per heavy atom. The minimum Gasteiger partial charge on any atom is -0.464 e. The standard InChI is InChI=1S/C12H15NOS/c1-2-15-8-10-7-14-11-5-3-4-9(6-13)12(10)11/h3-5,7H,2,6,8,13H2,1H3. The first-order chi connectivity index (χ1) is 7.36. The first kappa shape index (κ1) is 10.6. The Morgan fingerprint density at radius 3 is 2.93 bits per heavy atom. The Morgan fingerprint density at radius 1 is 1.33 bits per heavy atom. The maximum atomic E-state index is 5.72. The summed E-state index contributed by atoms with van der Waals surface area (Å²) in [6.45, 7) is 2.73. The predicted molar refractivity (Wildman–Crippen MR) is 65.9 cm³/mol. The van der Waals surface area contributed by atoms with Gasteiger partial charge in [0.05, 0.1) is 6.26 Å². The van der Waals surface area contributed by atoms with Gasteiger partial charge < -0.3 is 10.2 Å². The SMILES string of the molecule is CCSCc1coc2cccc(CN)c12. The lowest BCUT2D eigenvalue weighted by Crippen LogP contribution is -1.97. The van der Waals surface area contributed by atoms with Crippen LogP contribution in [-0.2, 0) is 12.3 Å². The fourth-order valence-electron chi connectivity index (χ4n) is 1.72. The number of hydrogen-bond donors (Lipinski definition) is 1. The summed E-state index contributed by atoms with van der Waals surface area (Å²) in [4.78, 5) is 0. The van der Waals surface area contributed by atoms with Gasteiger partial charge in [-0.1, -0.05) is 19.1 Å². The van der Waals surface area contributed by atoms with E-state index in [1.165, 1.54) is 16.5 Å². The van der Waals surface area contributed by atoms with Gasteiger partial charge in [-0.3, -0.25) is 0 Å². The summed E-state index contributed by atoms with van der Waals surface area (Å²) in [5.41, 5.74) is 9.11. The van der Waals surface area contributed by atoms with Crippen LogP contribution in [-0.4, -0.2) is 5.75 Å². The van der Waals surface area contributed by atoms with Crippen molar-refractivity contribution >= 4 is 22.7 Å². The summed E-state index contributed by atoms with van der Waals surface area (Å²) < 4.78 is 5.52. The molecule has 0 aliphatic rings. The summed E-state index contributed by atoms with van der Waals surface area (Å²) >= 11 is 1.90. The van der Waals surface area contributed by atoms with Crippen molar-refractivity contribution in [3.63, 3.8) is 0 Å². The van der Waals surface area contributed by atoms with Crippen LogP contribution in [0, 0.1) is 0 Å². The van der Waals surface area contributed by atoms with Crippen LogP contribution in [0.2, 0.25) is 0 Å². The molecule has 80 valence electrons. The lowest BCUT2D eigenvalue weighted by Gasteiger charge is -2.01. The minimum absolute atomic E-state index is 0.570. The molecule has 0 unspecified atom stereocenters. The second-order valence-electron chi connectivity index (χ2n) is 3.39. The van der Waals surface area contributed by atoms with E-state index in [4.69, 9.17) is 10.2 Å². The number of furan rings is 1. The number of hydrogen-bond acceptors (Lipinski definition) is 3. The molecule has 0 bridgehead atoms. The molecule has 1 aromatic carbocycles. The third kappa shape index (κ3) is 2.03. The Balaban J connectivity index is 2.46. The minimum atomic E-state index is 0.570. The Labute approximate surface area is 93.8 Å². The Hall–Kier alpha value is -0.930. The van der Waals surface area contributed by atoms with Crippen molar-refractivity contribution < 1.29 is 4.42 Å². The third-order valence-corrected chi connectivity index (χ3v) is 3.37. The van der Waals surface area contributed by atoms with Gasteiger partial charge in [-0.25, -0.2) is 0 Å².